The highest BCUT2D eigenvalue weighted by atomic mass is 16.1. The van der Waals surface area contributed by atoms with Crippen molar-refractivity contribution in [2.75, 3.05) is 20.6 Å². The van der Waals surface area contributed by atoms with E-state index in [1.54, 1.807) is 0 Å². The third-order valence-electron chi connectivity index (χ3n) is 4.67. The van der Waals surface area contributed by atoms with E-state index in [1.807, 2.05) is 20.8 Å². The van der Waals surface area contributed by atoms with Crippen molar-refractivity contribution in [3.05, 3.63) is 27.4 Å². The average molecular weight is 278 g/mol. The van der Waals surface area contributed by atoms with Gasteiger partial charge in [0, 0.05) is 23.8 Å². The number of hydrogen-bond acceptors (Lipinski definition) is 4. The van der Waals surface area contributed by atoms with Crippen LogP contribution >= 0.6 is 0 Å². The zero-order chi connectivity index (χ0) is 14.9. The highest BCUT2D eigenvalue weighted by Gasteiger charge is 2.39. The van der Waals surface area contributed by atoms with Crippen LogP contribution in [0.1, 0.15) is 49.3 Å². The number of H-pyrrole nitrogens is 1. The largest absolute Gasteiger partial charge is 0.310 e. The summed E-state index contributed by atoms with van der Waals surface area (Å²) in [6, 6.07) is 0.0178. The molecule has 5 nitrogen and oxygen atoms in total. The number of aryl methyl sites for hydroxylation is 2. The predicted octanol–water partition coefficient (Wildman–Crippen LogP) is 1.52. The molecule has 2 rings (SSSR count). The Morgan fingerprint density at radius 2 is 2.05 bits per heavy atom. The first-order valence-corrected chi connectivity index (χ1v) is 7.34. The summed E-state index contributed by atoms with van der Waals surface area (Å²) < 4.78 is 0. The molecule has 1 unspecified atom stereocenters. The van der Waals surface area contributed by atoms with Gasteiger partial charge in [0.1, 0.15) is 5.82 Å². The number of rotatable bonds is 5. The lowest BCUT2D eigenvalue weighted by Gasteiger charge is -2.48. The molecule has 112 valence electrons. The lowest BCUT2D eigenvalue weighted by atomic mass is 9.75. The number of nitrogens with zero attached hydrogens (tertiary/aromatic N) is 2. The zero-order valence-corrected chi connectivity index (χ0v) is 13.2. The summed E-state index contributed by atoms with van der Waals surface area (Å²) in [5, 5.41) is 3.52. The van der Waals surface area contributed by atoms with Crippen molar-refractivity contribution in [1.29, 1.82) is 0 Å². The molecule has 0 spiro atoms. The van der Waals surface area contributed by atoms with Crippen molar-refractivity contribution < 1.29 is 0 Å². The van der Waals surface area contributed by atoms with Crippen molar-refractivity contribution in [2.45, 2.75) is 51.6 Å². The molecule has 1 heterocycles. The lowest BCUT2D eigenvalue weighted by Crippen LogP contribution is -2.56. The minimum absolute atomic E-state index is 0.0178. The van der Waals surface area contributed by atoms with Crippen LogP contribution in [-0.4, -0.2) is 41.0 Å². The quantitative estimate of drug-likeness (QED) is 0.857. The second-order valence-electron chi connectivity index (χ2n) is 6.23. The molecule has 2 N–H and O–H groups in total. The Morgan fingerprint density at radius 3 is 2.50 bits per heavy atom. The molecule has 1 aromatic rings. The molecule has 1 fully saturated rings. The standard InChI is InChI=1S/C15H26N4O/c1-10(13-11(2)17-12(3)18-14(13)20)16-9-15(19(4)5)7-6-8-15/h10,16H,6-9H2,1-5H3,(H,17,18,20). The van der Waals surface area contributed by atoms with E-state index in [2.05, 4.69) is 34.3 Å². The Hall–Kier alpha value is -1.20. The first-order chi connectivity index (χ1) is 9.35. The van der Waals surface area contributed by atoms with E-state index in [0.29, 0.717) is 5.82 Å². The van der Waals surface area contributed by atoms with Gasteiger partial charge < -0.3 is 15.2 Å². The van der Waals surface area contributed by atoms with Gasteiger partial charge in [0.2, 0.25) is 0 Å². The van der Waals surface area contributed by atoms with Crippen LogP contribution in [0.25, 0.3) is 0 Å². The molecule has 1 saturated carbocycles. The highest BCUT2D eigenvalue weighted by Crippen LogP contribution is 2.35. The molecular formula is C15H26N4O. The van der Waals surface area contributed by atoms with Gasteiger partial charge in [-0.3, -0.25) is 4.79 Å². The van der Waals surface area contributed by atoms with Crippen molar-refractivity contribution in [1.82, 2.24) is 20.2 Å². The molecule has 1 aliphatic rings. The summed E-state index contributed by atoms with van der Waals surface area (Å²) in [5.41, 5.74) is 1.80. The third-order valence-corrected chi connectivity index (χ3v) is 4.67. The first kappa shape index (κ1) is 15.2. The van der Waals surface area contributed by atoms with Crippen LogP contribution in [0.3, 0.4) is 0 Å². The fourth-order valence-corrected chi connectivity index (χ4v) is 3.06. The summed E-state index contributed by atoms with van der Waals surface area (Å²) in [7, 11) is 4.27. The molecule has 0 radical (unpaired) electrons. The normalized spacial score (nSPS) is 18.9. The maximum Gasteiger partial charge on any atom is 0.255 e. The van der Waals surface area contributed by atoms with E-state index in [0.717, 1.165) is 17.8 Å². The van der Waals surface area contributed by atoms with Gasteiger partial charge in [0.05, 0.1) is 5.56 Å². The van der Waals surface area contributed by atoms with Crippen LogP contribution in [0.15, 0.2) is 4.79 Å². The molecule has 1 aliphatic carbocycles. The highest BCUT2D eigenvalue weighted by molar-refractivity contribution is 5.20. The van der Waals surface area contributed by atoms with E-state index >= 15 is 0 Å². The fraction of sp³-hybridized carbons (Fsp3) is 0.733. The molecule has 0 bridgehead atoms. The monoisotopic (exact) mass is 278 g/mol. The van der Waals surface area contributed by atoms with Crippen LogP contribution in [-0.2, 0) is 0 Å². The maximum absolute atomic E-state index is 12.1. The molecule has 20 heavy (non-hydrogen) atoms. The SMILES string of the molecule is Cc1nc(C)c(C(C)NCC2(N(C)C)CCC2)c(=O)[nH]1. The molecule has 0 saturated heterocycles. The Bertz CT molecular complexity index is 531. The van der Waals surface area contributed by atoms with E-state index < -0.39 is 0 Å². The fourth-order valence-electron chi connectivity index (χ4n) is 3.06. The van der Waals surface area contributed by atoms with Gasteiger partial charge in [-0.1, -0.05) is 0 Å². The smallest absolute Gasteiger partial charge is 0.255 e. The van der Waals surface area contributed by atoms with Crippen molar-refractivity contribution in [3.8, 4) is 0 Å². The molecule has 5 heteroatoms. The van der Waals surface area contributed by atoms with Crippen molar-refractivity contribution in [2.24, 2.45) is 0 Å². The predicted molar refractivity (Wildman–Crippen MR) is 81.0 cm³/mol. The summed E-state index contributed by atoms with van der Waals surface area (Å²) in [4.78, 5) is 21.6. The first-order valence-electron chi connectivity index (χ1n) is 7.34. The van der Waals surface area contributed by atoms with Crippen LogP contribution in [0.4, 0.5) is 0 Å². The summed E-state index contributed by atoms with van der Waals surface area (Å²) in [6.45, 7) is 6.66. The minimum atomic E-state index is -0.0255. The summed E-state index contributed by atoms with van der Waals surface area (Å²) in [6.07, 6.45) is 3.74. The lowest BCUT2D eigenvalue weighted by molar-refractivity contribution is 0.0575. The van der Waals surface area contributed by atoms with Gasteiger partial charge >= 0.3 is 0 Å². The minimum Gasteiger partial charge on any atom is -0.310 e. The average Bonchev–Trinajstić information content (AvgIpc) is 2.25. The maximum atomic E-state index is 12.1. The Kier molecular flexibility index (Phi) is 4.30. The molecule has 0 amide bonds. The van der Waals surface area contributed by atoms with E-state index in [9.17, 15) is 4.79 Å². The van der Waals surface area contributed by atoms with Crippen LogP contribution in [0, 0.1) is 13.8 Å². The number of aromatic amines is 1. The van der Waals surface area contributed by atoms with Gasteiger partial charge in [-0.2, -0.15) is 0 Å². The second kappa shape index (κ2) is 5.66. The van der Waals surface area contributed by atoms with Gasteiger partial charge in [-0.25, -0.2) is 4.98 Å². The van der Waals surface area contributed by atoms with Crippen molar-refractivity contribution >= 4 is 0 Å². The van der Waals surface area contributed by atoms with Gasteiger partial charge in [0.25, 0.3) is 5.56 Å². The van der Waals surface area contributed by atoms with E-state index in [1.165, 1.54) is 19.3 Å². The summed E-state index contributed by atoms with van der Waals surface area (Å²) >= 11 is 0. The van der Waals surface area contributed by atoms with Crippen LogP contribution in [0.5, 0.6) is 0 Å². The summed E-state index contributed by atoms with van der Waals surface area (Å²) in [5.74, 6) is 0.673. The Labute approximate surface area is 120 Å². The number of aromatic nitrogens is 2. The number of nitrogens with one attached hydrogen (secondary N) is 2. The second-order valence-corrected chi connectivity index (χ2v) is 6.23. The molecule has 0 aromatic carbocycles. The third kappa shape index (κ3) is 2.79. The Morgan fingerprint density at radius 1 is 1.40 bits per heavy atom. The zero-order valence-electron chi connectivity index (χ0n) is 13.2. The van der Waals surface area contributed by atoms with Crippen LogP contribution < -0.4 is 10.9 Å². The van der Waals surface area contributed by atoms with E-state index in [4.69, 9.17) is 0 Å². The topological polar surface area (TPSA) is 61.0 Å². The molecule has 1 atom stereocenters. The molecule has 0 aliphatic heterocycles. The van der Waals surface area contributed by atoms with Gasteiger partial charge in [-0.15, -0.1) is 0 Å². The van der Waals surface area contributed by atoms with Gasteiger partial charge in [-0.05, 0) is 54.1 Å². The number of hydrogen-bond donors (Lipinski definition) is 2. The molecular weight excluding hydrogens is 252 g/mol. The van der Waals surface area contributed by atoms with Crippen LogP contribution in [0.2, 0.25) is 0 Å². The Balaban J connectivity index is 2.09. The molecule has 1 aromatic heterocycles. The van der Waals surface area contributed by atoms with E-state index in [-0.39, 0.29) is 17.1 Å². The number of likely N-dealkylation sites (N-methyl/N-ethyl adjacent to an activating group) is 1. The van der Waals surface area contributed by atoms with Crippen molar-refractivity contribution in [3.63, 3.8) is 0 Å². The van der Waals surface area contributed by atoms with Gasteiger partial charge in [0.15, 0.2) is 0 Å².